The molecule has 0 aromatic heterocycles. The molecular weight excluding hydrogens is 272 g/mol. The van der Waals surface area contributed by atoms with E-state index in [0.29, 0.717) is 0 Å². The van der Waals surface area contributed by atoms with Crippen LogP contribution >= 0.6 is 15.9 Å². The first kappa shape index (κ1) is 11.6. The average Bonchev–Trinajstić information content (AvgIpc) is 2.95. The molecule has 4 heteroatoms. The molecule has 0 saturated heterocycles. The summed E-state index contributed by atoms with van der Waals surface area (Å²) in [5.41, 5.74) is 1.41. The molecule has 0 amide bonds. The van der Waals surface area contributed by atoms with E-state index in [1.54, 1.807) is 0 Å². The third-order valence-corrected chi connectivity index (χ3v) is 3.62. The molecule has 1 aliphatic carbocycles. The molecule has 2 N–H and O–H groups in total. The predicted molar refractivity (Wildman–Crippen MR) is 63.4 cm³/mol. The second kappa shape index (κ2) is 3.86. The Hall–Kier alpha value is -0.870. The maximum atomic E-state index is 10.9. The quantitative estimate of drug-likeness (QED) is 0.895. The predicted octanol–water partition coefficient (Wildman–Crippen LogP) is 2.23. The normalized spacial score (nSPS) is 19.2. The Morgan fingerprint density at radius 2 is 2.06 bits per heavy atom. The van der Waals surface area contributed by atoms with Crippen LogP contribution in [-0.2, 0) is 10.2 Å². The van der Waals surface area contributed by atoms with Crippen molar-refractivity contribution >= 4 is 21.9 Å². The first-order valence-electron chi connectivity index (χ1n) is 5.14. The fourth-order valence-electron chi connectivity index (χ4n) is 2.11. The monoisotopic (exact) mass is 284 g/mol. The first-order chi connectivity index (χ1) is 7.45. The summed E-state index contributed by atoms with van der Waals surface area (Å²) in [5, 5.41) is 18.6. The van der Waals surface area contributed by atoms with E-state index in [0.717, 1.165) is 28.4 Å². The molecule has 1 aromatic carbocycles. The topological polar surface area (TPSA) is 57.5 Å². The lowest BCUT2D eigenvalue weighted by molar-refractivity contribution is -0.148. The Balaban J connectivity index is 2.40. The largest absolute Gasteiger partial charge is 0.479 e. The average molecular weight is 285 g/mol. The van der Waals surface area contributed by atoms with Gasteiger partial charge in [0.15, 0.2) is 6.10 Å². The van der Waals surface area contributed by atoms with Crippen LogP contribution in [0, 0.1) is 6.92 Å². The molecule has 0 heterocycles. The van der Waals surface area contributed by atoms with Crippen molar-refractivity contribution in [1.29, 1.82) is 0 Å². The van der Waals surface area contributed by atoms with E-state index < -0.39 is 17.5 Å². The maximum absolute atomic E-state index is 10.9. The molecular formula is C12H13BrO3. The van der Waals surface area contributed by atoms with Gasteiger partial charge < -0.3 is 10.2 Å². The van der Waals surface area contributed by atoms with E-state index in [1.165, 1.54) is 0 Å². The SMILES string of the molecule is Cc1cc(Br)cc(C2(C(O)C(=O)O)CC2)c1. The second-order valence-corrected chi connectivity index (χ2v) is 5.33. The van der Waals surface area contributed by atoms with E-state index in [1.807, 2.05) is 25.1 Å². The lowest BCUT2D eigenvalue weighted by Gasteiger charge is -2.20. The minimum absolute atomic E-state index is 0.569. The van der Waals surface area contributed by atoms with Gasteiger partial charge in [-0.25, -0.2) is 4.79 Å². The lowest BCUT2D eigenvalue weighted by Crippen LogP contribution is -2.33. The molecule has 0 bridgehead atoms. The molecule has 0 radical (unpaired) electrons. The van der Waals surface area contributed by atoms with Crippen molar-refractivity contribution in [2.24, 2.45) is 0 Å². The highest BCUT2D eigenvalue weighted by Gasteiger charge is 2.53. The molecule has 1 aromatic rings. The Morgan fingerprint density at radius 3 is 2.50 bits per heavy atom. The second-order valence-electron chi connectivity index (χ2n) is 4.41. The van der Waals surface area contributed by atoms with E-state index in [-0.39, 0.29) is 0 Å². The number of aliphatic carboxylic acids is 1. The first-order valence-corrected chi connectivity index (χ1v) is 5.93. The van der Waals surface area contributed by atoms with Crippen molar-refractivity contribution in [2.45, 2.75) is 31.3 Å². The zero-order valence-corrected chi connectivity index (χ0v) is 10.5. The van der Waals surface area contributed by atoms with Gasteiger partial charge in [-0.05, 0) is 43.0 Å². The van der Waals surface area contributed by atoms with Crippen molar-refractivity contribution in [1.82, 2.24) is 0 Å². The summed E-state index contributed by atoms with van der Waals surface area (Å²) in [5.74, 6) is -1.14. The molecule has 1 unspecified atom stereocenters. The number of carbonyl (C=O) groups is 1. The van der Waals surface area contributed by atoms with E-state index in [4.69, 9.17) is 5.11 Å². The third-order valence-electron chi connectivity index (χ3n) is 3.16. The highest BCUT2D eigenvalue weighted by atomic mass is 79.9. The van der Waals surface area contributed by atoms with Crippen molar-refractivity contribution in [3.05, 3.63) is 33.8 Å². The van der Waals surface area contributed by atoms with Gasteiger partial charge in [-0.2, -0.15) is 0 Å². The molecule has 16 heavy (non-hydrogen) atoms. The summed E-state index contributed by atoms with van der Waals surface area (Å²) < 4.78 is 0.923. The summed E-state index contributed by atoms with van der Waals surface area (Å²) in [7, 11) is 0. The maximum Gasteiger partial charge on any atom is 0.333 e. The van der Waals surface area contributed by atoms with Crippen LogP contribution in [0.2, 0.25) is 0 Å². The smallest absolute Gasteiger partial charge is 0.333 e. The van der Waals surface area contributed by atoms with Crippen LogP contribution in [0.15, 0.2) is 22.7 Å². The summed E-state index contributed by atoms with van der Waals surface area (Å²) in [6, 6.07) is 5.81. The van der Waals surface area contributed by atoms with Crippen molar-refractivity contribution in [2.75, 3.05) is 0 Å². The van der Waals surface area contributed by atoms with Gasteiger partial charge in [0.1, 0.15) is 0 Å². The number of carboxylic acid groups (broad SMARTS) is 1. The minimum Gasteiger partial charge on any atom is -0.479 e. The lowest BCUT2D eigenvalue weighted by atomic mass is 9.89. The van der Waals surface area contributed by atoms with Crippen LogP contribution in [0.5, 0.6) is 0 Å². The van der Waals surface area contributed by atoms with Gasteiger partial charge in [-0.15, -0.1) is 0 Å². The van der Waals surface area contributed by atoms with Crippen molar-refractivity contribution in [3.8, 4) is 0 Å². The van der Waals surface area contributed by atoms with Crippen molar-refractivity contribution in [3.63, 3.8) is 0 Å². The van der Waals surface area contributed by atoms with Gasteiger partial charge in [-0.3, -0.25) is 0 Å². The number of carboxylic acids is 1. The molecule has 1 aliphatic rings. The van der Waals surface area contributed by atoms with Gasteiger partial charge in [0.25, 0.3) is 0 Å². The van der Waals surface area contributed by atoms with Gasteiger partial charge in [0.2, 0.25) is 0 Å². The Morgan fingerprint density at radius 1 is 1.44 bits per heavy atom. The number of aliphatic hydroxyl groups is 1. The Bertz CT molecular complexity index is 418. The van der Waals surface area contributed by atoms with Crippen LogP contribution in [0.3, 0.4) is 0 Å². The highest BCUT2D eigenvalue weighted by molar-refractivity contribution is 9.10. The molecule has 1 atom stereocenters. The fourth-order valence-corrected chi connectivity index (χ4v) is 2.72. The van der Waals surface area contributed by atoms with Crippen LogP contribution in [0.25, 0.3) is 0 Å². The number of rotatable bonds is 3. The van der Waals surface area contributed by atoms with Gasteiger partial charge in [-0.1, -0.05) is 22.0 Å². The van der Waals surface area contributed by atoms with Gasteiger partial charge in [0, 0.05) is 9.89 Å². The fraction of sp³-hybridized carbons (Fsp3) is 0.417. The molecule has 3 nitrogen and oxygen atoms in total. The van der Waals surface area contributed by atoms with Crippen molar-refractivity contribution < 1.29 is 15.0 Å². The zero-order chi connectivity index (χ0) is 11.9. The molecule has 0 aliphatic heterocycles. The minimum atomic E-state index is -1.30. The number of hydrogen-bond donors (Lipinski definition) is 2. The summed E-state index contributed by atoms with van der Waals surface area (Å²) in [6.45, 7) is 1.96. The number of halogens is 1. The van der Waals surface area contributed by atoms with E-state index in [9.17, 15) is 9.90 Å². The van der Waals surface area contributed by atoms with E-state index in [2.05, 4.69) is 15.9 Å². The van der Waals surface area contributed by atoms with Crippen LogP contribution in [-0.4, -0.2) is 22.3 Å². The van der Waals surface area contributed by atoms with Crippen LogP contribution in [0.1, 0.15) is 24.0 Å². The van der Waals surface area contributed by atoms with Crippen LogP contribution < -0.4 is 0 Å². The number of benzene rings is 1. The summed E-state index contributed by atoms with van der Waals surface area (Å²) in [4.78, 5) is 10.9. The zero-order valence-electron chi connectivity index (χ0n) is 8.90. The molecule has 0 spiro atoms. The third kappa shape index (κ3) is 1.87. The van der Waals surface area contributed by atoms with Gasteiger partial charge in [0.05, 0.1) is 0 Å². The summed E-state index contributed by atoms with van der Waals surface area (Å²) >= 11 is 3.39. The Kier molecular flexibility index (Phi) is 2.80. The van der Waals surface area contributed by atoms with Gasteiger partial charge >= 0.3 is 5.97 Å². The molecule has 1 fully saturated rings. The highest BCUT2D eigenvalue weighted by Crippen LogP contribution is 2.51. The van der Waals surface area contributed by atoms with Crippen LogP contribution in [0.4, 0.5) is 0 Å². The van der Waals surface area contributed by atoms with E-state index >= 15 is 0 Å². The standard InChI is InChI=1S/C12H13BrO3/c1-7-4-8(6-9(13)5-7)12(2-3-12)10(14)11(15)16/h4-6,10,14H,2-3H2,1H3,(H,15,16). The molecule has 2 rings (SSSR count). The Labute approximate surface area is 102 Å². The number of aliphatic hydroxyl groups excluding tert-OH is 1. The molecule has 1 saturated carbocycles. The number of hydrogen-bond acceptors (Lipinski definition) is 2. The molecule has 86 valence electrons. The summed E-state index contributed by atoms with van der Waals surface area (Å²) in [6.07, 6.45) is 0.161. The number of aryl methyl sites for hydroxylation is 1.